The molecule has 0 saturated carbocycles. The van der Waals surface area contributed by atoms with E-state index < -0.39 is 40.2 Å². The molecule has 224 valence electrons. The highest BCUT2D eigenvalue weighted by Gasteiger charge is 2.34. The Morgan fingerprint density at radius 2 is 1.44 bits per heavy atom. The molecule has 0 saturated heterocycles. The van der Waals surface area contributed by atoms with Crippen LogP contribution in [0.1, 0.15) is 30.0 Å². The number of hydrogen-bond donors (Lipinski definition) is 1. The van der Waals surface area contributed by atoms with Gasteiger partial charge < -0.3 is 10.2 Å². The van der Waals surface area contributed by atoms with Gasteiger partial charge in [0.05, 0.1) is 10.6 Å². The number of hydrogen-bond acceptors (Lipinski definition) is 4. The Labute approximate surface area is 253 Å². The summed E-state index contributed by atoms with van der Waals surface area (Å²) >= 11 is 0. The Morgan fingerprint density at radius 1 is 0.837 bits per heavy atom. The molecular formula is C34H36FN3O4S. The summed E-state index contributed by atoms with van der Waals surface area (Å²) in [4.78, 5) is 29.2. The van der Waals surface area contributed by atoms with Crippen LogP contribution in [0, 0.1) is 12.7 Å². The molecule has 0 radical (unpaired) electrons. The third-order valence-electron chi connectivity index (χ3n) is 7.05. The maximum atomic E-state index is 14.9. The molecule has 0 aliphatic heterocycles. The highest BCUT2D eigenvalue weighted by molar-refractivity contribution is 7.92. The third-order valence-corrected chi connectivity index (χ3v) is 8.84. The van der Waals surface area contributed by atoms with E-state index in [1.165, 1.54) is 23.1 Å². The van der Waals surface area contributed by atoms with Crippen LogP contribution < -0.4 is 9.62 Å². The topological polar surface area (TPSA) is 86.8 Å². The summed E-state index contributed by atoms with van der Waals surface area (Å²) in [5.41, 5.74) is 2.23. The highest BCUT2D eigenvalue weighted by Crippen LogP contribution is 2.25. The van der Waals surface area contributed by atoms with Crippen LogP contribution in [0.15, 0.2) is 114 Å². The van der Waals surface area contributed by atoms with Crippen LogP contribution in [0.5, 0.6) is 0 Å². The van der Waals surface area contributed by atoms with E-state index in [9.17, 15) is 22.4 Å². The Hall–Kier alpha value is -4.50. The zero-order valence-electron chi connectivity index (χ0n) is 24.3. The SMILES string of the molecule is CCCNC(=O)[C@@H](Cc1ccccc1)N(Cc1ccccc1F)C(=O)CN(c1ccc(C)cc1)S(=O)(=O)c1ccccc1. The van der Waals surface area contributed by atoms with Crippen molar-refractivity contribution in [3.05, 3.63) is 132 Å². The van der Waals surface area contributed by atoms with Gasteiger partial charge in [0.25, 0.3) is 10.0 Å². The molecule has 0 fully saturated rings. The van der Waals surface area contributed by atoms with E-state index >= 15 is 0 Å². The van der Waals surface area contributed by atoms with Crippen LogP contribution in [0.4, 0.5) is 10.1 Å². The van der Waals surface area contributed by atoms with Crippen LogP contribution in [-0.2, 0) is 32.6 Å². The number of amides is 2. The molecule has 43 heavy (non-hydrogen) atoms. The molecule has 9 heteroatoms. The summed E-state index contributed by atoms with van der Waals surface area (Å²) in [5.74, 6) is -1.57. The summed E-state index contributed by atoms with van der Waals surface area (Å²) in [7, 11) is -4.18. The van der Waals surface area contributed by atoms with Gasteiger partial charge in [0.1, 0.15) is 18.4 Å². The summed E-state index contributed by atoms with van der Waals surface area (Å²) < 4.78 is 43.9. The van der Waals surface area contributed by atoms with E-state index in [1.54, 1.807) is 60.7 Å². The summed E-state index contributed by atoms with van der Waals surface area (Å²) in [6, 6.07) is 28.9. The first-order valence-electron chi connectivity index (χ1n) is 14.2. The smallest absolute Gasteiger partial charge is 0.264 e. The Bertz CT molecular complexity index is 1610. The van der Waals surface area contributed by atoms with Gasteiger partial charge in [0.2, 0.25) is 11.8 Å². The minimum absolute atomic E-state index is 0.0190. The minimum Gasteiger partial charge on any atom is -0.354 e. The molecule has 7 nitrogen and oxygen atoms in total. The fraction of sp³-hybridized carbons (Fsp3) is 0.235. The van der Waals surface area contributed by atoms with Gasteiger partial charge in [-0.05, 0) is 49.2 Å². The first-order chi connectivity index (χ1) is 20.7. The maximum absolute atomic E-state index is 14.9. The summed E-state index contributed by atoms with van der Waals surface area (Å²) in [6.07, 6.45) is 0.841. The Balaban J connectivity index is 1.79. The molecule has 1 atom stereocenters. The monoisotopic (exact) mass is 601 g/mol. The first-order valence-corrected chi connectivity index (χ1v) is 15.6. The fourth-order valence-corrected chi connectivity index (χ4v) is 6.12. The lowest BCUT2D eigenvalue weighted by molar-refractivity contribution is -0.140. The molecule has 0 unspecified atom stereocenters. The molecule has 4 rings (SSSR count). The summed E-state index contributed by atoms with van der Waals surface area (Å²) in [6.45, 7) is 3.37. The molecule has 0 aliphatic carbocycles. The second-order valence-corrected chi connectivity index (χ2v) is 12.1. The second-order valence-electron chi connectivity index (χ2n) is 10.3. The molecule has 4 aromatic rings. The van der Waals surface area contributed by atoms with Gasteiger partial charge in [-0.15, -0.1) is 0 Å². The lowest BCUT2D eigenvalue weighted by Crippen LogP contribution is -2.53. The molecule has 0 aromatic heterocycles. The van der Waals surface area contributed by atoms with E-state index in [-0.39, 0.29) is 23.4 Å². The molecule has 0 bridgehead atoms. The Morgan fingerprint density at radius 3 is 2.07 bits per heavy atom. The fourth-order valence-electron chi connectivity index (χ4n) is 4.69. The van der Waals surface area contributed by atoms with Crippen molar-refractivity contribution in [1.82, 2.24) is 10.2 Å². The van der Waals surface area contributed by atoms with Crippen LogP contribution >= 0.6 is 0 Å². The zero-order valence-corrected chi connectivity index (χ0v) is 25.1. The number of carbonyl (C=O) groups excluding carboxylic acids is 2. The maximum Gasteiger partial charge on any atom is 0.264 e. The highest BCUT2D eigenvalue weighted by atomic mass is 32.2. The van der Waals surface area contributed by atoms with Gasteiger partial charge in [0.15, 0.2) is 0 Å². The molecule has 0 aliphatic rings. The Kier molecular flexibility index (Phi) is 10.7. The molecule has 2 amide bonds. The number of aryl methyl sites for hydroxylation is 1. The van der Waals surface area contributed by atoms with E-state index in [4.69, 9.17) is 0 Å². The number of sulfonamides is 1. The van der Waals surface area contributed by atoms with Crippen molar-refractivity contribution in [3.63, 3.8) is 0 Å². The van der Waals surface area contributed by atoms with Gasteiger partial charge >= 0.3 is 0 Å². The van der Waals surface area contributed by atoms with E-state index in [2.05, 4.69) is 5.32 Å². The predicted molar refractivity (Wildman–Crippen MR) is 166 cm³/mol. The number of benzene rings is 4. The molecule has 0 heterocycles. The largest absolute Gasteiger partial charge is 0.354 e. The van der Waals surface area contributed by atoms with Crippen molar-refractivity contribution in [1.29, 1.82) is 0 Å². The van der Waals surface area contributed by atoms with Crippen LogP contribution in [0.25, 0.3) is 0 Å². The van der Waals surface area contributed by atoms with Gasteiger partial charge in [0, 0.05) is 25.1 Å². The van der Waals surface area contributed by atoms with E-state index in [1.807, 2.05) is 44.2 Å². The minimum atomic E-state index is -4.18. The number of nitrogens with one attached hydrogen (secondary N) is 1. The number of carbonyl (C=O) groups is 2. The average molecular weight is 602 g/mol. The van der Waals surface area contributed by atoms with Gasteiger partial charge in [-0.1, -0.05) is 91.3 Å². The van der Waals surface area contributed by atoms with Gasteiger partial charge in [-0.3, -0.25) is 13.9 Å². The second kappa shape index (κ2) is 14.6. The lowest BCUT2D eigenvalue weighted by Gasteiger charge is -2.34. The van der Waals surface area contributed by atoms with Crippen molar-refractivity contribution in [3.8, 4) is 0 Å². The quantitative estimate of drug-likeness (QED) is 0.219. The number of rotatable bonds is 13. The number of halogens is 1. The zero-order chi connectivity index (χ0) is 30.8. The number of anilines is 1. The van der Waals surface area contributed by atoms with Crippen molar-refractivity contribution in [2.24, 2.45) is 0 Å². The molecule has 4 aromatic carbocycles. The normalized spacial score (nSPS) is 11.9. The third kappa shape index (κ3) is 8.08. The molecule has 1 N–H and O–H groups in total. The van der Waals surface area contributed by atoms with Gasteiger partial charge in [-0.2, -0.15) is 0 Å². The van der Waals surface area contributed by atoms with Crippen LogP contribution in [-0.4, -0.2) is 44.3 Å². The van der Waals surface area contributed by atoms with Crippen LogP contribution in [0.3, 0.4) is 0 Å². The van der Waals surface area contributed by atoms with Crippen molar-refractivity contribution < 1.29 is 22.4 Å². The number of nitrogens with zero attached hydrogens (tertiary/aromatic N) is 2. The predicted octanol–water partition coefficient (Wildman–Crippen LogP) is 5.50. The van der Waals surface area contributed by atoms with Crippen LogP contribution in [0.2, 0.25) is 0 Å². The first kappa shape index (κ1) is 31.4. The average Bonchev–Trinajstić information content (AvgIpc) is 3.02. The van der Waals surface area contributed by atoms with Gasteiger partial charge in [-0.25, -0.2) is 12.8 Å². The van der Waals surface area contributed by atoms with Crippen molar-refractivity contribution in [2.75, 3.05) is 17.4 Å². The van der Waals surface area contributed by atoms with E-state index in [0.29, 0.717) is 18.7 Å². The molecular weight excluding hydrogens is 565 g/mol. The summed E-state index contributed by atoms with van der Waals surface area (Å²) in [5, 5.41) is 2.88. The van der Waals surface area contributed by atoms with E-state index in [0.717, 1.165) is 15.4 Å². The standard InChI is InChI=1S/C34H36FN3O4S/c1-3-22-36-34(40)32(23-27-12-6-4-7-13-27)37(24-28-14-10-11-17-31(28)35)33(39)25-38(29-20-18-26(2)19-21-29)43(41,42)30-15-8-5-9-16-30/h4-21,32H,3,22-25H2,1-2H3,(H,36,40)/t32-/m1/s1. The molecule has 0 spiro atoms. The van der Waals surface area contributed by atoms with Crippen molar-refractivity contribution in [2.45, 2.75) is 44.2 Å². The van der Waals surface area contributed by atoms with Crippen molar-refractivity contribution >= 4 is 27.5 Å². The lowest BCUT2D eigenvalue weighted by atomic mass is 10.0.